The average Bonchev–Trinajstić information content (AvgIpc) is 2.59. The molecular formula is C17H26N2O4. The number of carbonyl (C=O) groups is 1. The fourth-order valence-electron chi connectivity index (χ4n) is 2.53. The molecule has 6 heteroatoms. The van der Waals surface area contributed by atoms with E-state index in [1.54, 1.807) is 32.4 Å². The molecule has 1 aromatic carbocycles. The summed E-state index contributed by atoms with van der Waals surface area (Å²) in [7, 11) is 5.25. The Labute approximate surface area is 137 Å². The van der Waals surface area contributed by atoms with Gasteiger partial charge in [-0.15, -0.1) is 0 Å². The largest absolute Gasteiger partial charge is 0.497 e. The van der Waals surface area contributed by atoms with Gasteiger partial charge in [0.2, 0.25) is 0 Å². The van der Waals surface area contributed by atoms with Gasteiger partial charge in [-0.1, -0.05) is 0 Å². The minimum Gasteiger partial charge on any atom is -0.497 e. The van der Waals surface area contributed by atoms with Gasteiger partial charge in [0.05, 0.1) is 26.4 Å². The van der Waals surface area contributed by atoms with Crippen molar-refractivity contribution >= 4 is 5.97 Å². The van der Waals surface area contributed by atoms with E-state index >= 15 is 0 Å². The van der Waals surface area contributed by atoms with E-state index in [1.165, 1.54) is 0 Å². The van der Waals surface area contributed by atoms with Gasteiger partial charge in [0.25, 0.3) is 0 Å². The first-order chi connectivity index (χ1) is 11.1. The Morgan fingerprint density at radius 3 is 2.22 bits per heavy atom. The Morgan fingerprint density at radius 1 is 1.04 bits per heavy atom. The highest BCUT2D eigenvalue weighted by Gasteiger charge is 2.14. The number of piperazine rings is 1. The van der Waals surface area contributed by atoms with Crippen molar-refractivity contribution < 1.29 is 19.0 Å². The van der Waals surface area contributed by atoms with Crippen molar-refractivity contribution in [3.63, 3.8) is 0 Å². The molecule has 0 aliphatic carbocycles. The maximum absolute atomic E-state index is 12.1. The topological polar surface area (TPSA) is 51.2 Å². The zero-order valence-corrected chi connectivity index (χ0v) is 14.2. The molecule has 0 radical (unpaired) electrons. The lowest BCUT2D eigenvalue weighted by Crippen LogP contribution is -2.44. The molecule has 0 bridgehead atoms. The standard InChI is InChI=1S/C17H26N2O4/c1-18-6-8-19(9-7-18)5-4-10-23-17(20)14-11-15(21-2)13-16(12-14)22-3/h11-13H,4-10H2,1-3H3. The van der Waals surface area contributed by atoms with Crippen LogP contribution < -0.4 is 9.47 Å². The Morgan fingerprint density at radius 2 is 1.65 bits per heavy atom. The molecule has 0 unspecified atom stereocenters. The molecular weight excluding hydrogens is 296 g/mol. The summed E-state index contributed by atoms with van der Waals surface area (Å²) in [4.78, 5) is 16.9. The highest BCUT2D eigenvalue weighted by Crippen LogP contribution is 2.23. The van der Waals surface area contributed by atoms with Crippen molar-refractivity contribution in [3.05, 3.63) is 23.8 Å². The van der Waals surface area contributed by atoms with Gasteiger partial charge in [0.15, 0.2) is 0 Å². The van der Waals surface area contributed by atoms with Gasteiger partial charge in [-0.05, 0) is 25.6 Å². The number of hydrogen-bond acceptors (Lipinski definition) is 6. The monoisotopic (exact) mass is 322 g/mol. The number of hydrogen-bond donors (Lipinski definition) is 0. The predicted octanol–water partition coefficient (Wildman–Crippen LogP) is 1.50. The van der Waals surface area contributed by atoms with Crippen LogP contribution in [0, 0.1) is 0 Å². The molecule has 128 valence electrons. The highest BCUT2D eigenvalue weighted by molar-refractivity contribution is 5.90. The molecule has 6 nitrogen and oxygen atoms in total. The zero-order chi connectivity index (χ0) is 16.7. The zero-order valence-electron chi connectivity index (χ0n) is 14.2. The smallest absolute Gasteiger partial charge is 0.338 e. The number of rotatable bonds is 7. The third kappa shape index (κ3) is 5.41. The Kier molecular flexibility index (Phi) is 6.67. The van der Waals surface area contributed by atoms with E-state index in [2.05, 4.69) is 16.8 Å². The van der Waals surface area contributed by atoms with Crippen LogP contribution in [0.1, 0.15) is 16.8 Å². The number of esters is 1. The Balaban J connectivity index is 1.76. The molecule has 1 heterocycles. The SMILES string of the molecule is COc1cc(OC)cc(C(=O)OCCCN2CCN(C)CC2)c1. The number of carbonyl (C=O) groups excluding carboxylic acids is 1. The number of methoxy groups -OCH3 is 2. The summed E-state index contributed by atoms with van der Waals surface area (Å²) in [5, 5.41) is 0. The molecule has 0 amide bonds. The van der Waals surface area contributed by atoms with Crippen LogP contribution in [0.15, 0.2) is 18.2 Å². The summed E-state index contributed by atoms with van der Waals surface area (Å²) in [6.07, 6.45) is 0.844. The number of benzene rings is 1. The predicted molar refractivity (Wildman–Crippen MR) is 88.4 cm³/mol. The molecule has 0 N–H and O–H groups in total. The second kappa shape index (κ2) is 8.74. The Hall–Kier alpha value is -1.79. The molecule has 1 fully saturated rings. The van der Waals surface area contributed by atoms with Crippen LogP contribution in [0.2, 0.25) is 0 Å². The van der Waals surface area contributed by atoms with Gasteiger partial charge in [0.1, 0.15) is 11.5 Å². The third-order valence-corrected chi connectivity index (χ3v) is 4.03. The number of ether oxygens (including phenoxy) is 3. The second-order valence-electron chi connectivity index (χ2n) is 5.74. The van der Waals surface area contributed by atoms with E-state index in [-0.39, 0.29) is 5.97 Å². The lowest BCUT2D eigenvalue weighted by Gasteiger charge is -2.32. The van der Waals surface area contributed by atoms with Gasteiger partial charge in [-0.2, -0.15) is 0 Å². The normalized spacial score (nSPS) is 16.1. The van der Waals surface area contributed by atoms with Crippen molar-refractivity contribution in [1.29, 1.82) is 0 Å². The van der Waals surface area contributed by atoms with Crippen LogP contribution in [-0.4, -0.2) is 76.4 Å². The van der Waals surface area contributed by atoms with E-state index in [0.717, 1.165) is 39.1 Å². The lowest BCUT2D eigenvalue weighted by atomic mass is 10.2. The van der Waals surface area contributed by atoms with Crippen molar-refractivity contribution in [3.8, 4) is 11.5 Å². The molecule has 1 aliphatic rings. The van der Waals surface area contributed by atoms with Crippen LogP contribution in [0.25, 0.3) is 0 Å². The molecule has 1 aliphatic heterocycles. The van der Waals surface area contributed by atoms with E-state index in [1.807, 2.05) is 0 Å². The van der Waals surface area contributed by atoms with Gasteiger partial charge in [-0.3, -0.25) is 0 Å². The third-order valence-electron chi connectivity index (χ3n) is 4.03. The first kappa shape index (κ1) is 17.6. The number of likely N-dealkylation sites (N-methyl/N-ethyl adjacent to an activating group) is 1. The summed E-state index contributed by atoms with van der Waals surface area (Å²) in [5.41, 5.74) is 0.445. The summed E-state index contributed by atoms with van der Waals surface area (Å²) in [6.45, 7) is 5.75. The highest BCUT2D eigenvalue weighted by atomic mass is 16.5. The molecule has 2 rings (SSSR count). The van der Waals surface area contributed by atoms with Gasteiger partial charge in [0, 0.05) is 38.8 Å². The van der Waals surface area contributed by atoms with E-state index in [0.29, 0.717) is 23.7 Å². The summed E-state index contributed by atoms with van der Waals surface area (Å²) < 4.78 is 15.7. The van der Waals surface area contributed by atoms with Crippen molar-refractivity contribution in [2.24, 2.45) is 0 Å². The summed E-state index contributed by atoms with van der Waals surface area (Å²) in [6, 6.07) is 5.04. The van der Waals surface area contributed by atoms with Crippen LogP contribution >= 0.6 is 0 Å². The maximum Gasteiger partial charge on any atom is 0.338 e. The molecule has 0 saturated carbocycles. The molecule has 23 heavy (non-hydrogen) atoms. The molecule has 1 aromatic rings. The first-order valence-corrected chi connectivity index (χ1v) is 7.93. The minimum absolute atomic E-state index is 0.347. The van der Waals surface area contributed by atoms with E-state index < -0.39 is 0 Å². The lowest BCUT2D eigenvalue weighted by molar-refractivity contribution is 0.0479. The minimum atomic E-state index is -0.347. The van der Waals surface area contributed by atoms with E-state index in [9.17, 15) is 4.79 Å². The van der Waals surface area contributed by atoms with Gasteiger partial charge < -0.3 is 24.0 Å². The van der Waals surface area contributed by atoms with Crippen molar-refractivity contribution in [2.45, 2.75) is 6.42 Å². The Bertz CT molecular complexity index is 491. The molecule has 0 atom stereocenters. The van der Waals surface area contributed by atoms with Crippen molar-refractivity contribution in [2.75, 3.05) is 60.6 Å². The summed E-state index contributed by atoms with van der Waals surface area (Å²) >= 11 is 0. The fraction of sp³-hybridized carbons (Fsp3) is 0.588. The van der Waals surface area contributed by atoms with Crippen LogP contribution in [-0.2, 0) is 4.74 Å². The summed E-state index contributed by atoms with van der Waals surface area (Å²) in [5.74, 6) is 0.808. The molecule has 0 aromatic heterocycles. The van der Waals surface area contributed by atoms with Crippen LogP contribution in [0.5, 0.6) is 11.5 Å². The van der Waals surface area contributed by atoms with Gasteiger partial charge in [-0.25, -0.2) is 4.79 Å². The first-order valence-electron chi connectivity index (χ1n) is 7.93. The molecule has 1 saturated heterocycles. The fourth-order valence-corrected chi connectivity index (χ4v) is 2.53. The average molecular weight is 322 g/mol. The second-order valence-corrected chi connectivity index (χ2v) is 5.74. The van der Waals surface area contributed by atoms with Gasteiger partial charge >= 0.3 is 5.97 Å². The quantitative estimate of drug-likeness (QED) is 0.560. The number of nitrogens with zero attached hydrogens (tertiary/aromatic N) is 2. The maximum atomic E-state index is 12.1. The van der Waals surface area contributed by atoms with Crippen LogP contribution in [0.3, 0.4) is 0 Å². The van der Waals surface area contributed by atoms with E-state index in [4.69, 9.17) is 14.2 Å². The molecule has 0 spiro atoms. The van der Waals surface area contributed by atoms with Crippen LogP contribution in [0.4, 0.5) is 0 Å². The van der Waals surface area contributed by atoms with Crippen molar-refractivity contribution in [1.82, 2.24) is 9.80 Å².